The molecule has 1 unspecified atom stereocenters. The quantitative estimate of drug-likeness (QED) is 0.644. The van der Waals surface area contributed by atoms with E-state index in [1.807, 2.05) is 0 Å². The molecule has 0 amide bonds. The van der Waals surface area contributed by atoms with E-state index in [-0.39, 0.29) is 5.41 Å². The predicted octanol–water partition coefficient (Wildman–Crippen LogP) is 1.23. The van der Waals surface area contributed by atoms with E-state index >= 15 is 0 Å². The minimum absolute atomic E-state index is 0.176. The van der Waals surface area contributed by atoms with Crippen LogP contribution < -0.4 is 11.1 Å². The fourth-order valence-corrected chi connectivity index (χ4v) is 0.749. The molecule has 0 aliphatic carbocycles. The fourth-order valence-electron chi connectivity index (χ4n) is 0.749. The number of nitrogens with one attached hydrogen (secondary N) is 2. The molecule has 74 valence electrons. The zero-order chi connectivity index (χ0) is 10.1. The third-order valence-electron chi connectivity index (χ3n) is 2.15. The molecule has 0 fully saturated rings. The maximum absolute atomic E-state index is 5.39. The number of rotatable bonds is 2. The minimum Gasteiger partial charge on any atom is -0.368 e. The van der Waals surface area contributed by atoms with E-state index in [1.165, 1.54) is 0 Å². The standard InChI is InChI=1S/C8H17N5/c1-5(8(2,3)4)10-7-11-6(9)12-13-7/h5H,1-4H3,(H4,9,10,11,12,13). The first-order chi connectivity index (χ1) is 5.89. The molecule has 1 heterocycles. The first kappa shape index (κ1) is 9.83. The van der Waals surface area contributed by atoms with E-state index < -0.39 is 0 Å². The molecule has 5 heteroatoms. The van der Waals surface area contributed by atoms with Crippen molar-refractivity contribution in [1.82, 2.24) is 15.2 Å². The molecular formula is C8H17N5. The Morgan fingerprint density at radius 1 is 1.46 bits per heavy atom. The normalized spacial score (nSPS) is 14.2. The molecule has 0 radical (unpaired) electrons. The Morgan fingerprint density at radius 2 is 2.08 bits per heavy atom. The van der Waals surface area contributed by atoms with Gasteiger partial charge in [-0.25, -0.2) is 5.10 Å². The summed E-state index contributed by atoms with van der Waals surface area (Å²) in [5.41, 5.74) is 5.57. The smallest absolute Gasteiger partial charge is 0.243 e. The molecule has 1 aromatic rings. The number of hydrogen-bond donors (Lipinski definition) is 3. The lowest BCUT2D eigenvalue weighted by atomic mass is 9.88. The average molecular weight is 183 g/mol. The van der Waals surface area contributed by atoms with Gasteiger partial charge in [-0.2, -0.15) is 4.98 Å². The highest BCUT2D eigenvalue weighted by Crippen LogP contribution is 2.21. The summed E-state index contributed by atoms with van der Waals surface area (Å²) in [6.07, 6.45) is 0. The molecule has 1 rings (SSSR count). The molecule has 0 aromatic carbocycles. The van der Waals surface area contributed by atoms with Crippen molar-refractivity contribution < 1.29 is 0 Å². The van der Waals surface area contributed by atoms with Gasteiger partial charge in [0.2, 0.25) is 11.9 Å². The molecule has 0 saturated heterocycles. The number of aromatic nitrogens is 3. The molecule has 5 nitrogen and oxygen atoms in total. The van der Waals surface area contributed by atoms with Gasteiger partial charge in [-0.05, 0) is 12.3 Å². The van der Waals surface area contributed by atoms with Crippen LogP contribution in [0.4, 0.5) is 11.9 Å². The number of nitrogen functional groups attached to an aromatic ring is 1. The third-order valence-corrected chi connectivity index (χ3v) is 2.15. The van der Waals surface area contributed by atoms with Crippen molar-refractivity contribution in [3.05, 3.63) is 0 Å². The monoisotopic (exact) mass is 183 g/mol. The van der Waals surface area contributed by atoms with Gasteiger partial charge in [-0.1, -0.05) is 20.8 Å². The Kier molecular flexibility index (Phi) is 2.45. The lowest BCUT2D eigenvalue weighted by Gasteiger charge is -2.27. The van der Waals surface area contributed by atoms with Crippen LogP contribution in [0.25, 0.3) is 0 Å². The minimum atomic E-state index is 0.176. The van der Waals surface area contributed by atoms with E-state index in [0.29, 0.717) is 17.9 Å². The van der Waals surface area contributed by atoms with Gasteiger partial charge in [-0.3, -0.25) is 0 Å². The predicted molar refractivity (Wildman–Crippen MR) is 53.3 cm³/mol. The zero-order valence-electron chi connectivity index (χ0n) is 8.55. The Balaban J connectivity index is 2.60. The van der Waals surface area contributed by atoms with Crippen molar-refractivity contribution in [2.45, 2.75) is 33.7 Å². The Bertz CT molecular complexity index is 272. The van der Waals surface area contributed by atoms with Gasteiger partial charge in [-0.15, -0.1) is 5.10 Å². The largest absolute Gasteiger partial charge is 0.368 e. The summed E-state index contributed by atoms with van der Waals surface area (Å²) in [6, 6.07) is 0.294. The van der Waals surface area contributed by atoms with Crippen LogP contribution in [-0.4, -0.2) is 21.2 Å². The Labute approximate surface area is 78.1 Å². The SMILES string of the molecule is CC(Nc1n[nH]c(N)n1)C(C)(C)C. The number of aromatic amines is 1. The van der Waals surface area contributed by atoms with Crippen LogP contribution in [0.3, 0.4) is 0 Å². The third kappa shape index (κ3) is 2.61. The molecule has 13 heavy (non-hydrogen) atoms. The summed E-state index contributed by atoms with van der Waals surface area (Å²) in [5, 5.41) is 9.65. The van der Waals surface area contributed by atoms with Crippen molar-refractivity contribution in [3.63, 3.8) is 0 Å². The summed E-state index contributed by atoms with van der Waals surface area (Å²) in [5.74, 6) is 0.892. The van der Waals surface area contributed by atoms with Gasteiger partial charge in [0.15, 0.2) is 0 Å². The van der Waals surface area contributed by atoms with Crippen molar-refractivity contribution in [1.29, 1.82) is 0 Å². The maximum Gasteiger partial charge on any atom is 0.243 e. The molecule has 0 saturated carbocycles. The van der Waals surface area contributed by atoms with E-state index in [2.05, 4.69) is 48.2 Å². The summed E-state index contributed by atoms with van der Waals surface area (Å²) in [6.45, 7) is 8.55. The van der Waals surface area contributed by atoms with E-state index in [4.69, 9.17) is 5.73 Å². The van der Waals surface area contributed by atoms with E-state index in [0.717, 1.165) is 0 Å². The molecule has 0 aliphatic rings. The summed E-state index contributed by atoms with van der Waals surface area (Å²) >= 11 is 0. The molecule has 0 aliphatic heterocycles. The van der Waals surface area contributed by atoms with E-state index in [1.54, 1.807) is 0 Å². The lowest BCUT2D eigenvalue weighted by molar-refractivity contribution is 0.358. The molecule has 1 atom stereocenters. The van der Waals surface area contributed by atoms with Crippen molar-refractivity contribution in [2.24, 2.45) is 5.41 Å². The van der Waals surface area contributed by atoms with Crippen molar-refractivity contribution in [2.75, 3.05) is 11.1 Å². The van der Waals surface area contributed by atoms with Crippen LogP contribution in [0, 0.1) is 5.41 Å². The van der Waals surface area contributed by atoms with Gasteiger partial charge in [0.05, 0.1) is 0 Å². The van der Waals surface area contributed by atoms with Gasteiger partial charge in [0, 0.05) is 6.04 Å². The first-order valence-corrected chi connectivity index (χ1v) is 4.34. The lowest BCUT2D eigenvalue weighted by Crippen LogP contribution is -2.31. The molecule has 0 bridgehead atoms. The van der Waals surface area contributed by atoms with Crippen molar-refractivity contribution in [3.8, 4) is 0 Å². The van der Waals surface area contributed by atoms with Gasteiger partial charge < -0.3 is 11.1 Å². The number of nitrogens with zero attached hydrogens (tertiary/aromatic N) is 2. The van der Waals surface area contributed by atoms with Crippen LogP contribution >= 0.6 is 0 Å². The van der Waals surface area contributed by atoms with Gasteiger partial charge in [0.1, 0.15) is 0 Å². The zero-order valence-corrected chi connectivity index (χ0v) is 8.55. The number of anilines is 2. The fraction of sp³-hybridized carbons (Fsp3) is 0.750. The van der Waals surface area contributed by atoms with E-state index in [9.17, 15) is 0 Å². The van der Waals surface area contributed by atoms with Crippen LogP contribution in [0.5, 0.6) is 0 Å². The van der Waals surface area contributed by atoms with Gasteiger partial charge in [0.25, 0.3) is 0 Å². The second kappa shape index (κ2) is 3.24. The molecule has 1 aromatic heterocycles. The van der Waals surface area contributed by atoms with Crippen molar-refractivity contribution >= 4 is 11.9 Å². The van der Waals surface area contributed by atoms with Crippen LogP contribution in [0.15, 0.2) is 0 Å². The van der Waals surface area contributed by atoms with Crippen LogP contribution in [0.1, 0.15) is 27.7 Å². The number of nitrogens with two attached hydrogens (primary N) is 1. The second-order valence-corrected chi connectivity index (χ2v) is 4.28. The number of H-pyrrole nitrogens is 1. The highest BCUT2D eigenvalue weighted by molar-refractivity contribution is 5.31. The summed E-state index contributed by atoms with van der Waals surface area (Å²) in [4.78, 5) is 3.96. The molecular weight excluding hydrogens is 166 g/mol. The van der Waals surface area contributed by atoms with Gasteiger partial charge >= 0.3 is 0 Å². The molecule has 4 N–H and O–H groups in total. The summed E-state index contributed by atoms with van der Waals surface area (Å²) in [7, 11) is 0. The average Bonchev–Trinajstić information content (AvgIpc) is 2.33. The highest BCUT2D eigenvalue weighted by Gasteiger charge is 2.20. The first-order valence-electron chi connectivity index (χ1n) is 4.34. The molecule has 0 spiro atoms. The Hall–Kier alpha value is -1.26. The Morgan fingerprint density at radius 3 is 2.46 bits per heavy atom. The summed E-state index contributed by atoms with van der Waals surface area (Å²) < 4.78 is 0. The van der Waals surface area contributed by atoms with Crippen LogP contribution in [-0.2, 0) is 0 Å². The van der Waals surface area contributed by atoms with Crippen LogP contribution in [0.2, 0.25) is 0 Å². The topological polar surface area (TPSA) is 79.6 Å². The second-order valence-electron chi connectivity index (χ2n) is 4.28. The number of hydrogen-bond acceptors (Lipinski definition) is 4. The highest BCUT2D eigenvalue weighted by atomic mass is 15.3. The maximum atomic E-state index is 5.39.